The van der Waals surface area contributed by atoms with Crippen LogP contribution in [0.1, 0.15) is 10.4 Å². The van der Waals surface area contributed by atoms with Crippen LogP contribution in [-0.4, -0.2) is 41.8 Å². The molecule has 0 radical (unpaired) electrons. The van der Waals surface area contributed by atoms with Crippen molar-refractivity contribution in [2.45, 2.75) is 0 Å². The summed E-state index contributed by atoms with van der Waals surface area (Å²) in [5.41, 5.74) is 7.87. The maximum Gasteiger partial charge on any atom is 0.250 e. The minimum atomic E-state index is -0.512. The van der Waals surface area contributed by atoms with Crippen molar-refractivity contribution in [3.63, 3.8) is 0 Å². The molecule has 0 spiro atoms. The van der Waals surface area contributed by atoms with Gasteiger partial charge in [-0.2, -0.15) is 4.98 Å². The van der Waals surface area contributed by atoms with Crippen LogP contribution >= 0.6 is 0 Å². The normalized spacial score (nSPS) is 10.7. The van der Waals surface area contributed by atoms with Crippen molar-refractivity contribution in [1.82, 2.24) is 14.5 Å². The van der Waals surface area contributed by atoms with Gasteiger partial charge in [0, 0.05) is 35.6 Å². The number of benzene rings is 2. The largest absolute Gasteiger partial charge is 0.493 e. The molecule has 158 valence electrons. The molecule has 2 aromatic carbocycles. The molecule has 2 heterocycles. The third kappa shape index (κ3) is 3.68. The van der Waals surface area contributed by atoms with Gasteiger partial charge < -0.3 is 29.8 Å². The maximum atomic E-state index is 11.9. The van der Waals surface area contributed by atoms with Crippen LogP contribution in [0.4, 0.5) is 11.6 Å². The average molecular weight is 419 g/mol. The first kappa shape index (κ1) is 20.0. The lowest BCUT2D eigenvalue weighted by molar-refractivity contribution is 0.100. The van der Waals surface area contributed by atoms with Gasteiger partial charge in [0.1, 0.15) is 5.65 Å². The number of carbonyl (C=O) groups excluding carboxylic acids is 1. The third-order valence-electron chi connectivity index (χ3n) is 4.78. The molecular weight excluding hydrogens is 398 g/mol. The number of methoxy groups -OCH3 is 3. The first-order valence-corrected chi connectivity index (χ1v) is 9.36. The second-order valence-corrected chi connectivity index (χ2v) is 6.58. The molecule has 4 aromatic rings. The first-order valence-electron chi connectivity index (χ1n) is 9.36. The Hall–Kier alpha value is -4.27. The quantitative estimate of drug-likeness (QED) is 0.472. The number of fused-ring (bicyclic) bond motifs is 1. The summed E-state index contributed by atoms with van der Waals surface area (Å²) >= 11 is 0. The molecule has 0 saturated heterocycles. The van der Waals surface area contributed by atoms with Gasteiger partial charge in [0.25, 0.3) is 5.91 Å². The van der Waals surface area contributed by atoms with Crippen molar-refractivity contribution in [2.75, 3.05) is 26.6 Å². The van der Waals surface area contributed by atoms with E-state index in [0.29, 0.717) is 45.8 Å². The van der Waals surface area contributed by atoms with E-state index in [2.05, 4.69) is 15.3 Å². The monoisotopic (exact) mass is 419 g/mol. The van der Waals surface area contributed by atoms with Gasteiger partial charge in [0.15, 0.2) is 11.5 Å². The number of nitrogens with zero attached hydrogens (tertiary/aromatic N) is 3. The Labute approximate surface area is 178 Å². The van der Waals surface area contributed by atoms with Crippen molar-refractivity contribution < 1.29 is 19.0 Å². The molecule has 0 aliphatic rings. The lowest BCUT2D eigenvalue weighted by Gasteiger charge is -2.14. The SMILES string of the molecule is COc1cc(Nc2ncc3ccn(-c4ccccc4C(N)=O)c3n2)cc(OC)c1OC. The van der Waals surface area contributed by atoms with E-state index in [9.17, 15) is 4.79 Å². The number of hydrogen-bond acceptors (Lipinski definition) is 7. The second kappa shape index (κ2) is 8.23. The molecule has 9 heteroatoms. The van der Waals surface area contributed by atoms with E-state index in [4.69, 9.17) is 19.9 Å². The lowest BCUT2D eigenvalue weighted by atomic mass is 10.1. The van der Waals surface area contributed by atoms with Crippen LogP contribution < -0.4 is 25.3 Å². The Morgan fingerprint density at radius 3 is 2.39 bits per heavy atom. The first-order chi connectivity index (χ1) is 15.0. The van der Waals surface area contributed by atoms with E-state index >= 15 is 0 Å². The predicted molar refractivity (Wildman–Crippen MR) is 117 cm³/mol. The molecule has 9 nitrogen and oxygen atoms in total. The van der Waals surface area contributed by atoms with E-state index in [1.807, 2.05) is 24.4 Å². The molecular formula is C22H21N5O4. The van der Waals surface area contributed by atoms with E-state index in [1.165, 1.54) is 0 Å². The minimum absolute atomic E-state index is 0.360. The number of aromatic nitrogens is 3. The number of para-hydroxylation sites is 1. The Morgan fingerprint density at radius 1 is 1.03 bits per heavy atom. The topological polar surface area (TPSA) is 114 Å². The summed E-state index contributed by atoms with van der Waals surface area (Å²) in [4.78, 5) is 20.9. The Bertz CT molecular complexity index is 1240. The molecule has 0 atom stereocenters. The molecule has 0 unspecified atom stereocenters. The number of nitrogens with one attached hydrogen (secondary N) is 1. The van der Waals surface area contributed by atoms with E-state index in [-0.39, 0.29) is 0 Å². The molecule has 1 amide bonds. The highest BCUT2D eigenvalue weighted by molar-refractivity contribution is 5.97. The maximum absolute atomic E-state index is 11.9. The van der Waals surface area contributed by atoms with Gasteiger partial charge in [0.05, 0.1) is 32.6 Å². The van der Waals surface area contributed by atoms with Crippen LogP contribution in [0, 0.1) is 0 Å². The van der Waals surface area contributed by atoms with Crippen LogP contribution in [0.5, 0.6) is 17.2 Å². The number of carbonyl (C=O) groups is 1. The molecule has 0 saturated carbocycles. The number of rotatable bonds is 7. The highest BCUT2D eigenvalue weighted by Gasteiger charge is 2.15. The lowest BCUT2D eigenvalue weighted by Crippen LogP contribution is -2.14. The summed E-state index contributed by atoms with van der Waals surface area (Å²) in [6.45, 7) is 0. The highest BCUT2D eigenvalue weighted by Crippen LogP contribution is 2.40. The number of hydrogen-bond donors (Lipinski definition) is 2. The zero-order valence-corrected chi connectivity index (χ0v) is 17.2. The van der Waals surface area contributed by atoms with Crippen LogP contribution in [0.2, 0.25) is 0 Å². The van der Waals surface area contributed by atoms with Crippen molar-refractivity contribution in [3.8, 4) is 22.9 Å². The number of amides is 1. The zero-order chi connectivity index (χ0) is 22.0. The summed E-state index contributed by atoms with van der Waals surface area (Å²) in [6, 6.07) is 12.5. The van der Waals surface area contributed by atoms with Gasteiger partial charge in [-0.3, -0.25) is 4.79 Å². The third-order valence-corrected chi connectivity index (χ3v) is 4.78. The zero-order valence-electron chi connectivity index (χ0n) is 17.2. The van der Waals surface area contributed by atoms with Gasteiger partial charge in [-0.25, -0.2) is 4.98 Å². The molecule has 2 aromatic heterocycles. The van der Waals surface area contributed by atoms with Gasteiger partial charge >= 0.3 is 0 Å². The van der Waals surface area contributed by atoms with Gasteiger partial charge in [-0.15, -0.1) is 0 Å². The molecule has 31 heavy (non-hydrogen) atoms. The van der Waals surface area contributed by atoms with Crippen LogP contribution in [0.3, 0.4) is 0 Å². The molecule has 4 rings (SSSR count). The average Bonchev–Trinajstić information content (AvgIpc) is 3.21. The van der Waals surface area contributed by atoms with E-state index in [0.717, 1.165) is 5.39 Å². The van der Waals surface area contributed by atoms with E-state index in [1.54, 1.807) is 56.4 Å². The van der Waals surface area contributed by atoms with Gasteiger partial charge in [0.2, 0.25) is 11.7 Å². The van der Waals surface area contributed by atoms with Crippen LogP contribution in [0.15, 0.2) is 54.9 Å². The Morgan fingerprint density at radius 2 is 1.74 bits per heavy atom. The summed E-state index contributed by atoms with van der Waals surface area (Å²) in [5.74, 6) is 1.35. The van der Waals surface area contributed by atoms with Crippen molar-refractivity contribution in [1.29, 1.82) is 0 Å². The Kier molecular flexibility index (Phi) is 5.31. The minimum Gasteiger partial charge on any atom is -0.493 e. The summed E-state index contributed by atoms with van der Waals surface area (Å²) in [6.07, 6.45) is 3.52. The van der Waals surface area contributed by atoms with Crippen molar-refractivity contribution in [3.05, 3.63) is 60.4 Å². The van der Waals surface area contributed by atoms with Crippen molar-refractivity contribution in [2.24, 2.45) is 5.73 Å². The van der Waals surface area contributed by atoms with Gasteiger partial charge in [-0.05, 0) is 18.2 Å². The van der Waals surface area contributed by atoms with Crippen molar-refractivity contribution >= 4 is 28.6 Å². The number of nitrogens with two attached hydrogens (primary N) is 1. The highest BCUT2D eigenvalue weighted by atomic mass is 16.5. The number of ether oxygens (including phenoxy) is 3. The van der Waals surface area contributed by atoms with E-state index < -0.39 is 5.91 Å². The summed E-state index contributed by atoms with van der Waals surface area (Å²) in [5, 5.41) is 3.97. The fourth-order valence-corrected chi connectivity index (χ4v) is 3.35. The summed E-state index contributed by atoms with van der Waals surface area (Å²) in [7, 11) is 4.64. The standard InChI is InChI=1S/C22H21N5O4/c1-29-17-10-14(11-18(30-2)19(17)31-3)25-22-24-12-13-8-9-27(21(13)26-22)16-7-5-4-6-15(16)20(23)28/h4-12H,1-3H3,(H2,23,28)(H,24,25,26). The second-order valence-electron chi connectivity index (χ2n) is 6.58. The fourth-order valence-electron chi connectivity index (χ4n) is 3.35. The molecule has 3 N–H and O–H groups in total. The van der Waals surface area contributed by atoms with Crippen LogP contribution in [0.25, 0.3) is 16.7 Å². The molecule has 0 aliphatic carbocycles. The predicted octanol–water partition coefficient (Wildman–Crippen LogP) is 3.29. The number of primary amides is 1. The van der Waals surface area contributed by atoms with Crippen LogP contribution in [-0.2, 0) is 0 Å². The van der Waals surface area contributed by atoms with Gasteiger partial charge in [-0.1, -0.05) is 12.1 Å². The summed E-state index contributed by atoms with van der Waals surface area (Å²) < 4.78 is 17.9. The molecule has 0 bridgehead atoms. The Balaban J connectivity index is 1.76. The fraction of sp³-hybridized carbons (Fsp3) is 0.136. The number of anilines is 2. The molecule has 0 fully saturated rings. The molecule has 0 aliphatic heterocycles. The smallest absolute Gasteiger partial charge is 0.250 e.